The van der Waals surface area contributed by atoms with Gasteiger partial charge in [0, 0.05) is 30.9 Å². The molecule has 0 aliphatic carbocycles. The fraction of sp³-hybridized carbons (Fsp3) is 0.500. The number of hydrogen-bond donors (Lipinski definition) is 2. The molecule has 6 nitrogen and oxygen atoms in total. The third kappa shape index (κ3) is 4.21. The second-order valence-corrected chi connectivity index (χ2v) is 5.26. The maximum Gasteiger partial charge on any atom is 0.249 e. The van der Waals surface area contributed by atoms with Gasteiger partial charge in [0.15, 0.2) is 0 Å². The molecular weight excluding hydrogens is 282 g/mol. The molecule has 2 heterocycles. The van der Waals surface area contributed by atoms with Crippen molar-refractivity contribution >= 4 is 11.8 Å². The first-order valence-corrected chi connectivity index (χ1v) is 7.57. The Morgan fingerprint density at radius 1 is 1.41 bits per heavy atom. The van der Waals surface area contributed by atoms with Gasteiger partial charge in [0.1, 0.15) is 6.04 Å². The van der Waals surface area contributed by atoms with Crippen LogP contribution < -0.4 is 10.6 Å². The second-order valence-electron chi connectivity index (χ2n) is 5.26. The smallest absolute Gasteiger partial charge is 0.249 e. The number of nitrogens with zero attached hydrogens (tertiary/aromatic N) is 1. The first kappa shape index (κ1) is 16.3. The fourth-order valence-corrected chi connectivity index (χ4v) is 2.53. The molecule has 0 bridgehead atoms. The van der Waals surface area contributed by atoms with Crippen LogP contribution in [-0.2, 0) is 14.3 Å². The lowest BCUT2D eigenvalue weighted by Gasteiger charge is -2.30. The van der Waals surface area contributed by atoms with Crippen LogP contribution in [0.25, 0.3) is 0 Å². The third-order valence-electron chi connectivity index (χ3n) is 3.78. The van der Waals surface area contributed by atoms with E-state index < -0.39 is 6.04 Å². The maximum atomic E-state index is 11.8. The number of rotatable bonds is 5. The monoisotopic (exact) mass is 305 g/mol. The van der Waals surface area contributed by atoms with Crippen LogP contribution in [0.2, 0.25) is 0 Å². The van der Waals surface area contributed by atoms with E-state index in [9.17, 15) is 9.59 Å². The molecule has 22 heavy (non-hydrogen) atoms. The quantitative estimate of drug-likeness (QED) is 0.577. The van der Waals surface area contributed by atoms with Gasteiger partial charge in [-0.15, -0.1) is 0 Å². The summed E-state index contributed by atoms with van der Waals surface area (Å²) in [5.74, 6) is -0.493. The van der Waals surface area contributed by atoms with Crippen LogP contribution in [0, 0.1) is 0 Å². The zero-order chi connectivity index (χ0) is 15.9. The molecule has 2 aliphatic rings. The number of ether oxygens (including phenoxy) is 1. The van der Waals surface area contributed by atoms with E-state index in [0.717, 1.165) is 37.7 Å². The van der Waals surface area contributed by atoms with Gasteiger partial charge >= 0.3 is 0 Å². The number of allylic oxidation sites excluding steroid dienone is 3. The molecule has 0 spiro atoms. The van der Waals surface area contributed by atoms with Crippen molar-refractivity contribution in [1.29, 1.82) is 0 Å². The van der Waals surface area contributed by atoms with Crippen molar-refractivity contribution in [1.82, 2.24) is 15.5 Å². The molecule has 120 valence electrons. The normalized spacial score (nSPS) is 24.0. The molecule has 1 atom stereocenters. The molecule has 2 amide bonds. The van der Waals surface area contributed by atoms with Gasteiger partial charge in [-0.25, -0.2) is 0 Å². The highest BCUT2D eigenvalue weighted by atomic mass is 16.5. The predicted molar refractivity (Wildman–Crippen MR) is 83.7 cm³/mol. The van der Waals surface area contributed by atoms with Crippen molar-refractivity contribution in [3.05, 3.63) is 36.2 Å². The molecular formula is C16H23N3O3. The second kappa shape index (κ2) is 7.79. The van der Waals surface area contributed by atoms with E-state index >= 15 is 0 Å². The average Bonchev–Trinajstić information content (AvgIpc) is 2.54. The molecule has 2 aliphatic heterocycles. The van der Waals surface area contributed by atoms with Crippen molar-refractivity contribution < 1.29 is 14.3 Å². The summed E-state index contributed by atoms with van der Waals surface area (Å²) in [6.45, 7) is 8.91. The van der Waals surface area contributed by atoms with Crippen LogP contribution in [0.4, 0.5) is 0 Å². The number of piperidine rings is 1. The number of nitrogens with one attached hydrogen (secondary N) is 2. The van der Waals surface area contributed by atoms with E-state index in [1.165, 1.54) is 0 Å². The Morgan fingerprint density at radius 3 is 2.73 bits per heavy atom. The molecule has 2 fully saturated rings. The number of hydrogen-bond acceptors (Lipinski definition) is 5. The van der Waals surface area contributed by atoms with E-state index in [4.69, 9.17) is 4.74 Å². The lowest BCUT2D eigenvalue weighted by Crippen LogP contribution is -2.50. The van der Waals surface area contributed by atoms with E-state index in [2.05, 4.69) is 22.1 Å². The van der Waals surface area contributed by atoms with Gasteiger partial charge in [-0.3, -0.25) is 14.9 Å². The number of imide groups is 1. The zero-order valence-corrected chi connectivity index (χ0v) is 12.9. The Kier molecular flexibility index (Phi) is 5.77. The van der Waals surface area contributed by atoms with Crippen LogP contribution >= 0.6 is 0 Å². The predicted octanol–water partition coefficient (Wildman–Crippen LogP) is 0.687. The van der Waals surface area contributed by atoms with Crippen molar-refractivity contribution in [2.24, 2.45) is 0 Å². The largest absolute Gasteiger partial charge is 0.378 e. The van der Waals surface area contributed by atoms with Crippen molar-refractivity contribution in [2.75, 3.05) is 26.3 Å². The lowest BCUT2D eigenvalue weighted by molar-refractivity contribution is -0.134. The Bertz CT molecular complexity index is 505. The van der Waals surface area contributed by atoms with Crippen LogP contribution in [0.1, 0.15) is 19.8 Å². The Balaban J connectivity index is 2.04. The molecule has 0 radical (unpaired) electrons. The molecule has 1 unspecified atom stereocenters. The third-order valence-corrected chi connectivity index (χ3v) is 3.78. The minimum absolute atomic E-state index is 0.213. The number of amides is 2. The van der Waals surface area contributed by atoms with Gasteiger partial charge in [-0.05, 0) is 25.5 Å². The minimum Gasteiger partial charge on any atom is -0.378 e. The lowest BCUT2D eigenvalue weighted by atomic mass is 10.1. The standard InChI is InChI=1S/C16H23N3O3/c1-3-12(17-14-5-6-15(20)18-16(14)21)11-13(4-2)19-7-9-22-10-8-19/h3-4,11,14,17H,1,5-10H2,2H3,(H,18,20,21)/b12-11+,13-4+. The summed E-state index contributed by atoms with van der Waals surface area (Å²) in [6, 6.07) is -0.398. The summed E-state index contributed by atoms with van der Waals surface area (Å²) in [4.78, 5) is 25.2. The van der Waals surface area contributed by atoms with Gasteiger partial charge in [0.25, 0.3) is 0 Å². The van der Waals surface area contributed by atoms with Crippen LogP contribution in [0.5, 0.6) is 0 Å². The molecule has 2 saturated heterocycles. The maximum absolute atomic E-state index is 11.8. The summed E-state index contributed by atoms with van der Waals surface area (Å²) in [5, 5.41) is 5.51. The van der Waals surface area contributed by atoms with Gasteiger partial charge in [-0.1, -0.05) is 12.7 Å². The topological polar surface area (TPSA) is 70.7 Å². The van der Waals surface area contributed by atoms with Gasteiger partial charge in [0.05, 0.1) is 13.2 Å². The highest BCUT2D eigenvalue weighted by Gasteiger charge is 2.26. The number of carbonyl (C=O) groups is 2. The molecule has 2 N–H and O–H groups in total. The minimum atomic E-state index is -0.398. The van der Waals surface area contributed by atoms with E-state index in [0.29, 0.717) is 12.8 Å². The number of carbonyl (C=O) groups excluding carboxylic acids is 2. The van der Waals surface area contributed by atoms with Crippen molar-refractivity contribution in [3.63, 3.8) is 0 Å². The van der Waals surface area contributed by atoms with E-state index in [-0.39, 0.29) is 11.8 Å². The molecule has 0 aromatic carbocycles. The first-order valence-electron chi connectivity index (χ1n) is 7.57. The SMILES string of the molecule is C=C/C(=C\C(=C/C)N1CCOCC1)NC1CCC(=O)NC1=O. The van der Waals surface area contributed by atoms with Gasteiger partial charge in [0.2, 0.25) is 11.8 Å². The molecule has 0 saturated carbocycles. The summed E-state index contributed by atoms with van der Waals surface area (Å²) in [5.41, 5.74) is 1.84. The van der Waals surface area contributed by atoms with Crippen LogP contribution in [0.3, 0.4) is 0 Å². The van der Waals surface area contributed by atoms with E-state index in [1.54, 1.807) is 6.08 Å². The Hall–Kier alpha value is -2.08. The molecule has 0 aromatic heterocycles. The highest BCUT2D eigenvalue weighted by molar-refractivity contribution is 6.00. The fourth-order valence-electron chi connectivity index (χ4n) is 2.53. The van der Waals surface area contributed by atoms with Gasteiger partial charge in [-0.2, -0.15) is 0 Å². The summed E-state index contributed by atoms with van der Waals surface area (Å²) >= 11 is 0. The molecule has 6 heteroatoms. The first-order chi connectivity index (χ1) is 10.6. The number of morpholine rings is 1. The summed E-state index contributed by atoms with van der Waals surface area (Å²) < 4.78 is 5.36. The highest BCUT2D eigenvalue weighted by Crippen LogP contribution is 2.13. The average molecular weight is 305 g/mol. The van der Waals surface area contributed by atoms with E-state index in [1.807, 2.05) is 19.1 Å². The zero-order valence-electron chi connectivity index (χ0n) is 12.9. The van der Waals surface area contributed by atoms with Crippen molar-refractivity contribution in [3.8, 4) is 0 Å². The summed E-state index contributed by atoms with van der Waals surface area (Å²) in [7, 11) is 0. The summed E-state index contributed by atoms with van der Waals surface area (Å²) in [6.07, 6.45) is 6.54. The molecule has 0 aromatic rings. The molecule has 2 rings (SSSR count). The van der Waals surface area contributed by atoms with Crippen molar-refractivity contribution in [2.45, 2.75) is 25.8 Å². The Morgan fingerprint density at radius 2 is 2.14 bits per heavy atom. The van der Waals surface area contributed by atoms with Crippen LogP contribution in [-0.4, -0.2) is 49.1 Å². The Labute approximate surface area is 130 Å². The van der Waals surface area contributed by atoms with Crippen LogP contribution in [0.15, 0.2) is 36.2 Å². The van der Waals surface area contributed by atoms with Gasteiger partial charge < -0.3 is 15.0 Å².